The van der Waals surface area contributed by atoms with Crippen LogP contribution in [0.1, 0.15) is 18.4 Å². The van der Waals surface area contributed by atoms with Crippen LogP contribution < -0.4 is 15.5 Å². The summed E-state index contributed by atoms with van der Waals surface area (Å²) in [5.41, 5.74) is 5.23. The molecule has 0 spiro atoms. The molecule has 3 N–H and O–H groups in total. The molecule has 12 heteroatoms. The van der Waals surface area contributed by atoms with Crippen LogP contribution in [-0.4, -0.2) is 62.2 Å². The number of rotatable bonds is 12. The van der Waals surface area contributed by atoms with E-state index in [1.807, 2.05) is 36.5 Å². The molecule has 0 aliphatic carbocycles. The third-order valence-electron chi connectivity index (χ3n) is 6.63. The smallest absolute Gasteiger partial charge is 0.148 e. The van der Waals surface area contributed by atoms with Crippen LogP contribution >= 0.6 is 0 Å². The third kappa shape index (κ3) is 6.58. The molecule has 0 saturated heterocycles. The molecule has 0 atom stereocenters. The molecular formula is C28H32FN7O3S. The van der Waals surface area contributed by atoms with Crippen LogP contribution in [0, 0.1) is 5.82 Å². The molecule has 0 unspecified atom stereocenters. The first-order valence-corrected chi connectivity index (χ1v) is 15.0. The maximum absolute atomic E-state index is 14.1. The molecule has 0 fully saturated rings. The quantitative estimate of drug-likeness (QED) is 0.286. The highest BCUT2D eigenvalue weighted by Crippen LogP contribution is 2.34. The van der Waals surface area contributed by atoms with Crippen molar-refractivity contribution >= 4 is 32.8 Å². The van der Waals surface area contributed by atoms with Crippen molar-refractivity contribution < 1.29 is 17.6 Å². The molecule has 0 saturated carbocycles. The number of sulfone groups is 1. The van der Waals surface area contributed by atoms with Gasteiger partial charge >= 0.3 is 0 Å². The number of benzene rings is 2. The molecule has 3 heterocycles. The van der Waals surface area contributed by atoms with E-state index in [1.54, 1.807) is 30.8 Å². The normalized spacial score (nSPS) is 15.1. The summed E-state index contributed by atoms with van der Waals surface area (Å²) in [7, 11) is -1.39. The first-order valence-electron chi connectivity index (χ1n) is 12.9. The van der Waals surface area contributed by atoms with Crippen LogP contribution in [0.2, 0.25) is 0 Å². The Kier molecular flexibility index (Phi) is 8.29. The van der Waals surface area contributed by atoms with Crippen LogP contribution in [0.4, 0.5) is 10.1 Å². The Bertz CT molecular complexity index is 1610. The van der Waals surface area contributed by atoms with E-state index < -0.39 is 9.84 Å². The maximum Gasteiger partial charge on any atom is 0.148 e. The largest absolute Gasteiger partial charge is 0.344 e. The summed E-state index contributed by atoms with van der Waals surface area (Å²) in [4.78, 5) is 12.4. The monoisotopic (exact) mass is 565 g/mol. The van der Waals surface area contributed by atoms with Crippen LogP contribution in [0.25, 0.3) is 10.9 Å². The minimum absolute atomic E-state index is 0.109. The number of hydroxylamine groups is 2. The average Bonchev–Trinajstić information content (AvgIpc) is 3.40. The summed E-state index contributed by atoms with van der Waals surface area (Å²) in [5, 5.41) is 16.2. The van der Waals surface area contributed by atoms with Crippen LogP contribution in [-0.2, 0) is 21.2 Å². The third-order valence-corrected chi connectivity index (χ3v) is 7.58. The zero-order chi connectivity index (χ0) is 28.1. The standard InChI is InChI=1S/C28H32FN7O3S/c1-39-36-18-27-25(15-24(36)7-4-10-30-11-12-40(2,37)38)28(32-19-31-27)35(17-20-5-3-6-22(29)13-20)23-8-9-26-21(14-23)16-33-34-26/h3,5-6,8-9,13-16,18-19,30H,4,7,10-12,17H2,1-2H3,(H,31,32)(H,33,34). The van der Waals surface area contributed by atoms with E-state index in [4.69, 9.17) is 9.83 Å². The first-order chi connectivity index (χ1) is 19.3. The summed E-state index contributed by atoms with van der Waals surface area (Å²) in [6.45, 7) is 1.48. The molecule has 210 valence electrons. The van der Waals surface area contributed by atoms with Crippen molar-refractivity contribution in [3.8, 4) is 0 Å². The number of H-pyrrole nitrogens is 1. The second-order valence-corrected chi connectivity index (χ2v) is 11.9. The molecule has 2 aromatic carbocycles. The van der Waals surface area contributed by atoms with Crippen LogP contribution in [0.5, 0.6) is 0 Å². The molecule has 0 radical (unpaired) electrons. The van der Waals surface area contributed by atoms with Gasteiger partial charge in [0.25, 0.3) is 0 Å². The van der Waals surface area contributed by atoms with Gasteiger partial charge in [-0.2, -0.15) is 5.10 Å². The number of aromatic amines is 1. The van der Waals surface area contributed by atoms with Gasteiger partial charge in [-0.15, -0.1) is 0 Å². The van der Waals surface area contributed by atoms with Crippen molar-refractivity contribution in [2.45, 2.75) is 19.4 Å². The number of anilines is 1. The fourth-order valence-corrected chi connectivity index (χ4v) is 5.17. The van der Waals surface area contributed by atoms with Gasteiger partial charge in [0.2, 0.25) is 0 Å². The van der Waals surface area contributed by atoms with Crippen LogP contribution in [0.3, 0.4) is 0 Å². The number of allylic oxidation sites excluding steroid dienone is 2. The number of aliphatic imine (C=N–C) groups is 1. The first kappa shape index (κ1) is 27.6. The molecule has 3 aromatic rings. The molecule has 0 bridgehead atoms. The van der Waals surface area contributed by atoms with Gasteiger partial charge in [-0.1, -0.05) is 12.1 Å². The Morgan fingerprint density at radius 2 is 2.05 bits per heavy atom. The van der Waals surface area contributed by atoms with E-state index in [2.05, 4.69) is 25.7 Å². The van der Waals surface area contributed by atoms with E-state index in [0.717, 1.165) is 45.5 Å². The molecule has 2 aliphatic rings. The Labute approximate surface area is 232 Å². The Morgan fingerprint density at radius 1 is 1.18 bits per heavy atom. The van der Waals surface area contributed by atoms with Gasteiger partial charge in [0.15, 0.2) is 0 Å². The minimum Gasteiger partial charge on any atom is -0.344 e. The number of nitrogens with one attached hydrogen (secondary N) is 3. The molecule has 5 rings (SSSR count). The zero-order valence-corrected chi connectivity index (χ0v) is 23.2. The summed E-state index contributed by atoms with van der Waals surface area (Å²) in [5.74, 6) is 0.518. The van der Waals surface area contributed by atoms with E-state index in [9.17, 15) is 12.8 Å². The highest BCUT2D eigenvalue weighted by molar-refractivity contribution is 7.90. The second-order valence-electron chi connectivity index (χ2n) is 9.67. The van der Waals surface area contributed by atoms with Gasteiger partial charge in [-0.3, -0.25) is 9.94 Å². The van der Waals surface area contributed by atoms with Crippen molar-refractivity contribution in [3.05, 3.63) is 95.1 Å². The van der Waals surface area contributed by atoms with Gasteiger partial charge in [0, 0.05) is 41.7 Å². The number of hydrogen-bond donors (Lipinski definition) is 3. The highest BCUT2D eigenvalue weighted by atomic mass is 32.2. The molecule has 1 aromatic heterocycles. The predicted octanol–water partition coefficient (Wildman–Crippen LogP) is 3.57. The fraction of sp³-hybridized carbons (Fsp3) is 0.286. The van der Waals surface area contributed by atoms with E-state index in [0.29, 0.717) is 31.9 Å². The number of halogens is 1. The number of nitrogens with zero attached hydrogens (tertiary/aromatic N) is 4. The SMILES string of the molecule is CON1C=C2NC=NC(N(Cc3cccc(F)c3)c3ccc4[nH]ncc4c3)=C2C=C1CCCNCCS(C)(=O)=O. The average molecular weight is 566 g/mol. The summed E-state index contributed by atoms with van der Waals surface area (Å²) >= 11 is 0. The molecule has 2 aliphatic heterocycles. The summed E-state index contributed by atoms with van der Waals surface area (Å²) in [6.07, 6.45) is 10.0. The summed E-state index contributed by atoms with van der Waals surface area (Å²) < 4.78 is 36.9. The Balaban J connectivity index is 1.46. The highest BCUT2D eigenvalue weighted by Gasteiger charge is 2.26. The topological polar surface area (TPSA) is 115 Å². The van der Waals surface area contributed by atoms with Crippen LogP contribution in [0.15, 0.2) is 88.7 Å². The lowest BCUT2D eigenvalue weighted by Gasteiger charge is -2.33. The van der Waals surface area contributed by atoms with E-state index in [-0.39, 0.29) is 11.6 Å². The Hall–Kier alpha value is -4.00. The lowest BCUT2D eigenvalue weighted by molar-refractivity contribution is -0.0612. The van der Waals surface area contributed by atoms with Crippen molar-refractivity contribution in [2.24, 2.45) is 4.99 Å². The lowest BCUT2D eigenvalue weighted by Crippen LogP contribution is -2.32. The predicted molar refractivity (Wildman–Crippen MR) is 154 cm³/mol. The molecule has 40 heavy (non-hydrogen) atoms. The van der Waals surface area contributed by atoms with Gasteiger partial charge in [0.05, 0.1) is 42.8 Å². The van der Waals surface area contributed by atoms with Gasteiger partial charge in [-0.05, 0) is 61.4 Å². The Morgan fingerprint density at radius 3 is 2.85 bits per heavy atom. The number of aromatic nitrogens is 2. The second kappa shape index (κ2) is 12.0. The maximum atomic E-state index is 14.1. The molecule has 0 amide bonds. The summed E-state index contributed by atoms with van der Waals surface area (Å²) in [6, 6.07) is 12.6. The fourth-order valence-electron chi connectivity index (χ4n) is 4.66. The van der Waals surface area contributed by atoms with E-state index >= 15 is 0 Å². The molecule has 10 nitrogen and oxygen atoms in total. The van der Waals surface area contributed by atoms with Crippen molar-refractivity contribution in [1.29, 1.82) is 0 Å². The van der Waals surface area contributed by atoms with E-state index in [1.165, 1.54) is 18.4 Å². The van der Waals surface area contributed by atoms with Gasteiger partial charge in [0.1, 0.15) is 21.5 Å². The number of fused-ring (bicyclic) bond motifs is 2. The van der Waals surface area contributed by atoms with Crippen molar-refractivity contribution in [2.75, 3.05) is 37.1 Å². The molecular weight excluding hydrogens is 533 g/mol. The zero-order valence-electron chi connectivity index (χ0n) is 22.4. The lowest BCUT2D eigenvalue weighted by atomic mass is 10.0. The van der Waals surface area contributed by atoms with Crippen molar-refractivity contribution in [3.63, 3.8) is 0 Å². The van der Waals surface area contributed by atoms with Gasteiger partial charge < -0.3 is 15.5 Å². The van der Waals surface area contributed by atoms with Gasteiger partial charge in [-0.25, -0.2) is 22.9 Å². The minimum atomic E-state index is -3.00. The van der Waals surface area contributed by atoms with Crippen molar-refractivity contribution in [1.82, 2.24) is 25.9 Å². The number of hydrogen-bond acceptors (Lipinski definition) is 9.